The van der Waals surface area contributed by atoms with Gasteiger partial charge >= 0.3 is 0 Å². The van der Waals surface area contributed by atoms with E-state index in [0.29, 0.717) is 15.2 Å². The minimum absolute atomic E-state index is 0.119. The topological polar surface area (TPSA) is 38.3 Å². The molecule has 0 aliphatic heterocycles. The molecule has 0 saturated heterocycles. The van der Waals surface area contributed by atoms with Crippen LogP contribution in [0.1, 0.15) is 6.92 Å². The van der Waals surface area contributed by atoms with Crippen molar-refractivity contribution >= 4 is 39.1 Å². The van der Waals surface area contributed by atoms with Crippen molar-refractivity contribution in [1.82, 2.24) is 0 Å². The lowest BCUT2D eigenvalue weighted by atomic mass is 10.3. The van der Waals surface area contributed by atoms with Crippen LogP contribution in [-0.2, 0) is 4.79 Å². The summed E-state index contributed by atoms with van der Waals surface area (Å²) >= 11 is 9.14. The maximum atomic E-state index is 13.5. The maximum Gasteiger partial charge on any atom is 0.265 e. The molecule has 3 nitrogen and oxygen atoms in total. The van der Waals surface area contributed by atoms with E-state index >= 15 is 0 Å². The monoisotopic (exact) mass is 371 g/mol. The molecule has 0 radical (unpaired) electrons. The molecule has 0 fully saturated rings. The van der Waals surface area contributed by atoms with E-state index in [1.807, 2.05) is 0 Å². The van der Waals surface area contributed by atoms with Crippen molar-refractivity contribution in [3.63, 3.8) is 0 Å². The third-order valence-corrected chi connectivity index (χ3v) is 3.55. The predicted molar refractivity (Wildman–Crippen MR) is 84.3 cm³/mol. The van der Waals surface area contributed by atoms with Gasteiger partial charge in [-0.3, -0.25) is 4.79 Å². The molecule has 6 heteroatoms. The first-order valence-electron chi connectivity index (χ1n) is 6.14. The van der Waals surface area contributed by atoms with Crippen molar-refractivity contribution in [2.75, 3.05) is 5.32 Å². The van der Waals surface area contributed by atoms with Gasteiger partial charge in [-0.1, -0.05) is 23.7 Å². The first-order chi connectivity index (χ1) is 9.97. The molecule has 1 unspecified atom stereocenters. The third kappa shape index (κ3) is 4.19. The van der Waals surface area contributed by atoms with Gasteiger partial charge in [-0.05, 0) is 53.2 Å². The van der Waals surface area contributed by atoms with Gasteiger partial charge in [0.1, 0.15) is 11.6 Å². The Labute approximate surface area is 135 Å². The lowest BCUT2D eigenvalue weighted by Gasteiger charge is -2.16. The zero-order valence-corrected chi connectivity index (χ0v) is 13.4. The van der Waals surface area contributed by atoms with Crippen LogP contribution in [0.3, 0.4) is 0 Å². The van der Waals surface area contributed by atoms with E-state index in [4.69, 9.17) is 16.3 Å². The highest BCUT2D eigenvalue weighted by atomic mass is 79.9. The number of amides is 1. The van der Waals surface area contributed by atoms with Gasteiger partial charge in [-0.15, -0.1) is 0 Å². The SMILES string of the molecule is CC(Oc1ccc(Cl)cc1Br)C(=O)Nc1ccccc1F. The fraction of sp³-hybridized carbons (Fsp3) is 0.133. The van der Waals surface area contributed by atoms with Crippen LogP contribution in [0.15, 0.2) is 46.9 Å². The van der Waals surface area contributed by atoms with Crippen molar-refractivity contribution in [3.8, 4) is 5.75 Å². The van der Waals surface area contributed by atoms with Gasteiger partial charge < -0.3 is 10.1 Å². The summed E-state index contributed by atoms with van der Waals surface area (Å²) in [5.74, 6) is -0.455. The van der Waals surface area contributed by atoms with Gasteiger partial charge in [-0.2, -0.15) is 0 Å². The van der Waals surface area contributed by atoms with Crippen LogP contribution in [0.2, 0.25) is 5.02 Å². The van der Waals surface area contributed by atoms with Gasteiger partial charge in [0.05, 0.1) is 10.2 Å². The van der Waals surface area contributed by atoms with Crippen molar-refractivity contribution in [2.45, 2.75) is 13.0 Å². The highest BCUT2D eigenvalue weighted by Crippen LogP contribution is 2.28. The van der Waals surface area contributed by atoms with Crippen LogP contribution in [0, 0.1) is 5.82 Å². The summed E-state index contributed by atoms with van der Waals surface area (Å²) in [6, 6.07) is 10.9. The summed E-state index contributed by atoms with van der Waals surface area (Å²) in [7, 11) is 0. The molecule has 1 N–H and O–H groups in total. The van der Waals surface area contributed by atoms with Crippen LogP contribution in [0.5, 0.6) is 5.75 Å². The average molecular weight is 373 g/mol. The lowest BCUT2D eigenvalue weighted by Crippen LogP contribution is -2.30. The van der Waals surface area contributed by atoms with Gasteiger partial charge in [0.2, 0.25) is 0 Å². The van der Waals surface area contributed by atoms with Gasteiger partial charge in [0.15, 0.2) is 6.10 Å². The smallest absolute Gasteiger partial charge is 0.265 e. The number of ether oxygens (including phenoxy) is 1. The number of benzene rings is 2. The van der Waals surface area contributed by atoms with Crippen LogP contribution in [0.4, 0.5) is 10.1 Å². The molecular weight excluding hydrogens is 361 g/mol. The zero-order valence-electron chi connectivity index (χ0n) is 11.1. The molecule has 2 rings (SSSR count). The second-order valence-corrected chi connectivity index (χ2v) is 5.59. The summed E-state index contributed by atoms with van der Waals surface area (Å²) < 4.78 is 19.6. The van der Waals surface area contributed by atoms with Gasteiger partial charge in [0.25, 0.3) is 5.91 Å². The number of hydrogen-bond acceptors (Lipinski definition) is 2. The minimum Gasteiger partial charge on any atom is -0.480 e. The molecule has 1 atom stereocenters. The Kier molecular flexibility index (Phi) is 5.20. The fourth-order valence-electron chi connectivity index (χ4n) is 1.61. The zero-order chi connectivity index (χ0) is 15.4. The summed E-state index contributed by atoms with van der Waals surface area (Å²) in [4.78, 5) is 12.0. The second-order valence-electron chi connectivity index (χ2n) is 4.30. The Hall–Kier alpha value is -1.59. The minimum atomic E-state index is -0.790. The number of carbonyl (C=O) groups excluding carboxylic acids is 1. The molecule has 110 valence electrons. The molecule has 0 aliphatic carbocycles. The standard InChI is InChI=1S/C15H12BrClFNO2/c1-9(21-14-7-6-10(17)8-11(14)16)15(20)19-13-5-3-2-4-12(13)18/h2-9H,1H3,(H,19,20). The molecule has 2 aromatic carbocycles. The Morgan fingerprint density at radius 2 is 2.05 bits per heavy atom. The molecule has 0 spiro atoms. The van der Waals surface area contributed by atoms with E-state index < -0.39 is 17.8 Å². The number of carbonyl (C=O) groups is 1. The van der Waals surface area contributed by atoms with Crippen molar-refractivity contribution < 1.29 is 13.9 Å². The lowest BCUT2D eigenvalue weighted by molar-refractivity contribution is -0.122. The molecule has 0 aliphatic rings. The van der Waals surface area contributed by atoms with Crippen molar-refractivity contribution in [2.24, 2.45) is 0 Å². The van der Waals surface area contributed by atoms with Crippen LogP contribution < -0.4 is 10.1 Å². The van der Waals surface area contributed by atoms with Crippen LogP contribution >= 0.6 is 27.5 Å². The molecule has 0 aromatic heterocycles. The first-order valence-corrected chi connectivity index (χ1v) is 7.31. The molecule has 1 amide bonds. The quantitative estimate of drug-likeness (QED) is 0.848. The van der Waals surface area contributed by atoms with Crippen LogP contribution in [0.25, 0.3) is 0 Å². The average Bonchev–Trinajstić information content (AvgIpc) is 2.44. The predicted octanol–water partition coefficient (Wildman–Crippen LogP) is 4.65. The summed E-state index contributed by atoms with van der Waals surface area (Å²) in [6.45, 7) is 1.58. The highest BCUT2D eigenvalue weighted by Gasteiger charge is 2.17. The number of para-hydroxylation sites is 1. The van der Waals surface area contributed by atoms with Gasteiger partial charge in [0, 0.05) is 5.02 Å². The van der Waals surface area contributed by atoms with Crippen molar-refractivity contribution in [1.29, 1.82) is 0 Å². The molecule has 0 saturated carbocycles. The number of nitrogens with one attached hydrogen (secondary N) is 1. The van der Waals surface area contributed by atoms with E-state index in [9.17, 15) is 9.18 Å². The largest absolute Gasteiger partial charge is 0.480 e. The number of halogens is 3. The van der Waals surface area contributed by atoms with E-state index in [-0.39, 0.29) is 5.69 Å². The van der Waals surface area contributed by atoms with E-state index in [1.165, 1.54) is 12.1 Å². The summed E-state index contributed by atoms with van der Waals surface area (Å²) in [6.07, 6.45) is -0.790. The molecule has 0 heterocycles. The summed E-state index contributed by atoms with van der Waals surface area (Å²) in [5, 5.41) is 3.03. The van der Waals surface area contributed by atoms with E-state index in [2.05, 4.69) is 21.2 Å². The van der Waals surface area contributed by atoms with E-state index in [0.717, 1.165) is 0 Å². The van der Waals surface area contributed by atoms with Crippen LogP contribution in [-0.4, -0.2) is 12.0 Å². The highest BCUT2D eigenvalue weighted by molar-refractivity contribution is 9.10. The number of rotatable bonds is 4. The molecule has 2 aromatic rings. The first kappa shape index (κ1) is 15.8. The summed E-state index contributed by atoms with van der Waals surface area (Å²) in [5.41, 5.74) is 0.119. The molecule has 0 bridgehead atoms. The number of anilines is 1. The second kappa shape index (κ2) is 6.91. The Balaban J connectivity index is 2.04. The Bertz CT molecular complexity index is 666. The Morgan fingerprint density at radius 3 is 2.71 bits per heavy atom. The maximum absolute atomic E-state index is 13.5. The van der Waals surface area contributed by atoms with E-state index in [1.54, 1.807) is 37.3 Å². The normalized spacial score (nSPS) is 11.8. The fourth-order valence-corrected chi connectivity index (χ4v) is 2.39. The number of hydrogen-bond donors (Lipinski definition) is 1. The van der Waals surface area contributed by atoms with Gasteiger partial charge in [-0.25, -0.2) is 4.39 Å². The molecular formula is C15H12BrClFNO2. The third-order valence-electron chi connectivity index (χ3n) is 2.70. The molecule has 21 heavy (non-hydrogen) atoms. The Morgan fingerprint density at radius 1 is 1.33 bits per heavy atom. The van der Waals surface area contributed by atoms with Crippen molar-refractivity contribution in [3.05, 3.63) is 57.8 Å².